The number of hydrogen-bond donors (Lipinski definition) is 0. The van der Waals surface area contributed by atoms with E-state index in [1.165, 1.54) is 0 Å². The molecule has 3 rings (SSSR count). The second kappa shape index (κ2) is 5.56. The molecular weight excluding hydrogens is 266 g/mol. The number of rotatable bonds is 4. The average Bonchev–Trinajstić information content (AvgIpc) is 2.93. The molecule has 1 unspecified atom stereocenters. The Labute approximate surface area is 123 Å². The van der Waals surface area contributed by atoms with Crippen molar-refractivity contribution >= 4 is 5.78 Å². The Morgan fingerprint density at radius 3 is 2.86 bits per heavy atom. The largest absolute Gasteiger partial charge is 0.454 e. The number of hydrogen-bond acceptors (Lipinski definition) is 4. The molecule has 1 aromatic heterocycles. The molecule has 108 valence electrons. The van der Waals surface area contributed by atoms with E-state index in [2.05, 4.69) is 4.98 Å². The summed E-state index contributed by atoms with van der Waals surface area (Å²) in [5.74, 6) is 1.64. The fourth-order valence-corrected chi connectivity index (χ4v) is 2.69. The smallest absolute Gasteiger partial charge is 0.231 e. The summed E-state index contributed by atoms with van der Waals surface area (Å²) in [4.78, 5) is 16.0. The lowest BCUT2D eigenvalue weighted by Crippen LogP contribution is -2.08. The van der Waals surface area contributed by atoms with Gasteiger partial charge in [0.1, 0.15) is 5.78 Å². The molecule has 1 aliphatic heterocycles. The van der Waals surface area contributed by atoms with Crippen LogP contribution in [0.25, 0.3) is 0 Å². The fraction of sp³-hybridized carbons (Fsp3) is 0.294. The molecule has 4 heteroatoms. The highest BCUT2D eigenvalue weighted by molar-refractivity contribution is 5.77. The van der Waals surface area contributed by atoms with Gasteiger partial charge in [0.2, 0.25) is 6.79 Å². The Balaban J connectivity index is 2.03. The van der Waals surface area contributed by atoms with Crippen LogP contribution in [0.4, 0.5) is 0 Å². The normalized spacial score (nSPS) is 14.0. The molecule has 4 nitrogen and oxygen atoms in total. The first kappa shape index (κ1) is 13.6. The number of aromatic nitrogens is 1. The first-order valence-electron chi connectivity index (χ1n) is 6.95. The third-order valence-electron chi connectivity index (χ3n) is 3.71. The minimum absolute atomic E-state index is 0.00861. The molecule has 1 aromatic carbocycles. The molecule has 0 fully saturated rings. The summed E-state index contributed by atoms with van der Waals surface area (Å²) in [5.41, 5.74) is 3.07. The van der Waals surface area contributed by atoms with Gasteiger partial charge in [-0.1, -0.05) is 12.1 Å². The summed E-state index contributed by atoms with van der Waals surface area (Å²) in [6.07, 6.45) is 2.22. The van der Waals surface area contributed by atoms with E-state index in [0.29, 0.717) is 6.42 Å². The maximum absolute atomic E-state index is 11.7. The van der Waals surface area contributed by atoms with Crippen LogP contribution in [0.2, 0.25) is 0 Å². The Morgan fingerprint density at radius 2 is 2.10 bits per heavy atom. The van der Waals surface area contributed by atoms with Gasteiger partial charge in [-0.05, 0) is 43.2 Å². The number of benzene rings is 1. The Bertz CT molecular complexity index is 681. The van der Waals surface area contributed by atoms with Crippen molar-refractivity contribution in [3.8, 4) is 11.5 Å². The maximum Gasteiger partial charge on any atom is 0.231 e. The molecule has 0 spiro atoms. The van der Waals surface area contributed by atoms with Crippen LogP contribution in [0.1, 0.15) is 36.1 Å². The fourth-order valence-electron chi connectivity index (χ4n) is 2.69. The molecule has 2 aromatic rings. The predicted molar refractivity (Wildman–Crippen MR) is 78.7 cm³/mol. The second-order valence-corrected chi connectivity index (χ2v) is 5.25. The van der Waals surface area contributed by atoms with Crippen LogP contribution >= 0.6 is 0 Å². The van der Waals surface area contributed by atoms with E-state index >= 15 is 0 Å². The van der Waals surface area contributed by atoms with Crippen LogP contribution in [-0.4, -0.2) is 17.6 Å². The van der Waals surface area contributed by atoms with E-state index in [1.807, 2.05) is 37.3 Å². The summed E-state index contributed by atoms with van der Waals surface area (Å²) in [6, 6.07) is 9.79. The van der Waals surface area contributed by atoms with Crippen molar-refractivity contribution in [1.29, 1.82) is 0 Å². The summed E-state index contributed by atoms with van der Waals surface area (Å²) in [7, 11) is 0. The van der Waals surface area contributed by atoms with Gasteiger partial charge < -0.3 is 9.47 Å². The Hall–Kier alpha value is -2.36. The predicted octanol–water partition coefficient (Wildman–Crippen LogP) is 3.23. The van der Waals surface area contributed by atoms with Gasteiger partial charge in [-0.2, -0.15) is 0 Å². The molecule has 0 amide bonds. The van der Waals surface area contributed by atoms with E-state index in [1.54, 1.807) is 13.1 Å². The van der Waals surface area contributed by atoms with Crippen molar-refractivity contribution in [3.05, 3.63) is 53.3 Å². The molecule has 2 heterocycles. The van der Waals surface area contributed by atoms with E-state index in [0.717, 1.165) is 28.3 Å². The van der Waals surface area contributed by atoms with Gasteiger partial charge in [0.15, 0.2) is 11.5 Å². The molecule has 0 N–H and O–H groups in total. The summed E-state index contributed by atoms with van der Waals surface area (Å²) < 4.78 is 10.8. The van der Waals surface area contributed by atoms with E-state index in [4.69, 9.17) is 9.47 Å². The zero-order valence-corrected chi connectivity index (χ0v) is 12.1. The molecule has 0 aliphatic carbocycles. The van der Waals surface area contributed by atoms with Gasteiger partial charge in [-0.15, -0.1) is 0 Å². The molecule has 0 saturated heterocycles. The lowest BCUT2D eigenvalue weighted by Gasteiger charge is -2.18. The number of fused-ring (bicyclic) bond motifs is 1. The summed E-state index contributed by atoms with van der Waals surface area (Å²) >= 11 is 0. The summed E-state index contributed by atoms with van der Waals surface area (Å²) in [5, 5.41) is 0. The first-order chi connectivity index (χ1) is 10.1. The quantitative estimate of drug-likeness (QED) is 0.864. The maximum atomic E-state index is 11.7. The molecule has 21 heavy (non-hydrogen) atoms. The number of carbonyl (C=O) groups is 1. The van der Waals surface area contributed by atoms with Crippen molar-refractivity contribution < 1.29 is 14.3 Å². The van der Waals surface area contributed by atoms with Gasteiger partial charge in [0.05, 0.1) is 0 Å². The lowest BCUT2D eigenvalue weighted by molar-refractivity contribution is -0.117. The number of aryl methyl sites for hydroxylation is 1. The zero-order valence-electron chi connectivity index (χ0n) is 12.1. The van der Waals surface area contributed by atoms with Gasteiger partial charge in [-0.3, -0.25) is 9.78 Å². The topological polar surface area (TPSA) is 48.4 Å². The highest BCUT2D eigenvalue weighted by atomic mass is 16.7. The van der Waals surface area contributed by atoms with Gasteiger partial charge in [-0.25, -0.2) is 0 Å². The van der Waals surface area contributed by atoms with Crippen molar-refractivity contribution in [2.45, 2.75) is 26.2 Å². The van der Waals surface area contributed by atoms with Gasteiger partial charge >= 0.3 is 0 Å². The van der Waals surface area contributed by atoms with Crippen molar-refractivity contribution in [1.82, 2.24) is 4.98 Å². The molecule has 1 aliphatic rings. The van der Waals surface area contributed by atoms with Crippen LogP contribution in [0.15, 0.2) is 36.5 Å². The minimum atomic E-state index is -0.00861. The molecule has 1 atom stereocenters. The number of carbonyl (C=O) groups excluding carboxylic acids is 1. The van der Waals surface area contributed by atoms with Crippen molar-refractivity contribution in [2.75, 3.05) is 6.79 Å². The molecule has 0 radical (unpaired) electrons. The van der Waals surface area contributed by atoms with Gasteiger partial charge in [0, 0.05) is 24.2 Å². The van der Waals surface area contributed by atoms with Gasteiger partial charge in [0.25, 0.3) is 0 Å². The van der Waals surface area contributed by atoms with E-state index in [9.17, 15) is 4.79 Å². The standard InChI is InChI=1S/C17H17NO3/c1-11(19)8-15(14-4-3-7-18-12(14)2)13-5-6-16-17(9-13)21-10-20-16/h3-7,9,15H,8,10H2,1-2H3. The average molecular weight is 283 g/mol. The number of ketones is 1. The SMILES string of the molecule is CC(=O)CC(c1ccc2c(c1)OCO2)c1cccnc1C. The molecule has 0 saturated carbocycles. The van der Waals surface area contributed by atoms with Crippen molar-refractivity contribution in [2.24, 2.45) is 0 Å². The van der Waals surface area contributed by atoms with E-state index in [-0.39, 0.29) is 18.5 Å². The Morgan fingerprint density at radius 1 is 1.29 bits per heavy atom. The zero-order chi connectivity index (χ0) is 14.8. The van der Waals surface area contributed by atoms with Crippen molar-refractivity contribution in [3.63, 3.8) is 0 Å². The van der Waals surface area contributed by atoms with Crippen LogP contribution in [0.5, 0.6) is 11.5 Å². The lowest BCUT2D eigenvalue weighted by atomic mass is 9.86. The van der Waals surface area contributed by atoms with Crippen LogP contribution < -0.4 is 9.47 Å². The highest BCUT2D eigenvalue weighted by Crippen LogP contribution is 2.38. The first-order valence-corrected chi connectivity index (χ1v) is 6.95. The number of ether oxygens (including phenoxy) is 2. The number of pyridine rings is 1. The second-order valence-electron chi connectivity index (χ2n) is 5.25. The Kier molecular flexibility index (Phi) is 3.60. The van der Waals surface area contributed by atoms with Crippen LogP contribution in [0.3, 0.4) is 0 Å². The minimum Gasteiger partial charge on any atom is -0.454 e. The number of Topliss-reactive ketones (excluding diaryl/α,β-unsaturated/α-hetero) is 1. The van der Waals surface area contributed by atoms with E-state index < -0.39 is 0 Å². The monoisotopic (exact) mass is 283 g/mol. The van der Waals surface area contributed by atoms with Crippen LogP contribution in [-0.2, 0) is 4.79 Å². The molecular formula is C17H17NO3. The highest BCUT2D eigenvalue weighted by Gasteiger charge is 2.22. The van der Waals surface area contributed by atoms with Crippen LogP contribution in [0, 0.1) is 6.92 Å². The third kappa shape index (κ3) is 2.75. The molecule has 0 bridgehead atoms. The number of nitrogens with zero attached hydrogens (tertiary/aromatic N) is 1. The third-order valence-corrected chi connectivity index (χ3v) is 3.71. The summed E-state index contributed by atoms with van der Waals surface area (Å²) in [6.45, 7) is 3.84.